The molecule has 0 N–H and O–H groups in total. The lowest BCUT2D eigenvalue weighted by molar-refractivity contribution is 0.320. The summed E-state index contributed by atoms with van der Waals surface area (Å²) in [5.41, 5.74) is 0. The van der Waals surface area contributed by atoms with Crippen LogP contribution in [0.1, 0.15) is 0 Å². The van der Waals surface area contributed by atoms with Gasteiger partial charge in [0.1, 0.15) is 5.75 Å². The van der Waals surface area contributed by atoms with Crippen molar-refractivity contribution in [3.8, 4) is 5.75 Å². The van der Waals surface area contributed by atoms with E-state index in [0.29, 0.717) is 10.8 Å². The molecule has 12 heavy (non-hydrogen) atoms. The van der Waals surface area contributed by atoms with Crippen LogP contribution >= 0.6 is 46.4 Å². The van der Waals surface area contributed by atoms with E-state index in [-0.39, 0.29) is 0 Å². The molecule has 0 radical (unpaired) electrons. The maximum Gasteiger partial charge on any atom is 0.338 e. The standard InChI is InChI=1S/C7H4Cl4O/c8-5-2-1-3-6(4-5)12-7(9,10)11/h1-4H. The van der Waals surface area contributed by atoms with Crippen molar-refractivity contribution in [2.24, 2.45) is 0 Å². The molecule has 0 aliphatic carbocycles. The number of alkyl halides is 3. The lowest BCUT2D eigenvalue weighted by Crippen LogP contribution is -2.12. The van der Waals surface area contributed by atoms with Crippen molar-refractivity contribution in [2.75, 3.05) is 0 Å². The fourth-order valence-electron chi connectivity index (χ4n) is 0.664. The van der Waals surface area contributed by atoms with Gasteiger partial charge in [-0.1, -0.05) is 17.7 Å². The Bertz CT molecular complexity index is 268. The summed E-state index contributed by atoms with van der Waals surface area (Å²) in [6.45, 7) is 0. The Hall–Kier alpha value is 0.180. The highest BCUT2D eigenvalue weighted by Crippen LogP contribution is 2.30. The molecule has 0 unspecified atom stereocenters. The second-order valence-electron chi connectivity index (χ2n) is 2.01. The quantitative estimate of drug-likeness (QED) is 0.679. The Morgan fingerprint density at radius 2 is 1.83 bits per heavy atom. The van der Waals surface area contributed by atoms with Gasteiger partial charge in [-0.25, -0.2) is 0 Å². The van der Waals surface area contributed by atoms with Crippen LogP contribution in [0.2, 0.25) is 5.02 Å². The highest BCUT2D eigenvalue weighted by molar-refractivity contribution is 6.66. The molecule has 0 atom stereocenters. The maximum atomic E-state index is 5.66. The van der Waals surface area contributed by atoms with Gasteiger partial charge in [-0.05, 0) is 53.0 Å². The SMILES string of the molecule is Clc1cccc(OC(Cl)(Cl)Cl)c1. The van der Waals surface area contributed by atoms with Crippen LogP contribution in [0.4, 0.5) is 0 Å². The molecule has 0 bridgehead atoms. The van der Waals surface area contributed by atoms with Crippen molar-refractivity contribution in [1.82, 2.24) is 0 Å². The van der Waals surface area contributed by atoms with Crippen LogP contribution in [0.5, 0.6) is 5.75 Å². The van der Waals surface area contributed by atoms with Crippen LogP contribution in [0.25, 0.3) is 0 Å². The van der Waals surface area contributed by atoms with Gasteiger partial charge in [0.25, 0.3) is 0 Å². The predicted molar refractivity (Wildman–Crippen MR) is 52.4 cm³/mol. The summed E-state index contributed by atoms with van der Waals surface area (Å²) < 4.78 is 3.15. The first-order valence-electron chi connectivity index (χ1n) is 2.99. The Balaban J connectivity index is 2.77. The van der Waals surface area contributed by atoms with Crippen LogP contribution in [-0.2, 0) is 0 Å². The van der Waals surface area contributed by atoms with Crippen molar-refractivity contribution in [3.05, 3.63) is 29.3 Å². The lowest BCUT2D eigenvalue weighted by atomic mass is 10.3. The first kappa shape index (κ1) is 10.3. The molecule has 5 heteroatoms. The normalized spacial score (nSPS) is 11.3. The van der Waals surface area contributed by atoms with E-state index in [0.717, 1.165) is 0 Å². The molecular formula is C7H4Cl4O. The fraction of sp³-hybridized carbons (Fsp3) is 0.143. The third-order valence-electron chi connectivity index (χ3n) is 1.03. The van der Waals surface area contributed by atoms with Crippen LogP contribution in [0.15, 0.2) is 24.3 Å². The molecule has 1 rings (SSSR count). The summed E-state index contributed by atoms with van der Waals surface area (Å²) in [7, 11) is 0. The fourth-order valence-corrected chi connectivity index (χ4v) is 1.11. The minimum atomic E-state index is -1.75. The predicted octanol–water partition coefficient (Wildman–Crippen LogP) is 4.05. The molecule has 0 spiro atoms. The van der Waals surface area contributed by atoms with E-state index in [4.69, 9.17) is 51.1 Å². The average Bonchev–Trinajstić information content (AvgIpc) is 1.82. The van der Waals surface area contributed by atoms with Crippen molar-refractivity contribution in [1.29, 1.82) is 0 Å². The van der Waals surface area contributed by atoms with E-state index in [1.54, 1.807) is 24.3 Å². The molecule has 1 aromatic rings. The van der Waals surface area contributed by atoms with E-state index in [2.05, 4.69) is 0 Å². The smallest absolute Gasteiger partial charge is 0.338 e. The van der Waals surface area contributed by atoms with Gasteiger partial charge < -0.3 is 4.74 Å². The molecule has 0 heterocycles. The summed E-state index contributed by atoms with van der Waals surface area (Å²) in [6.07, 6.45) is 0. The van der Waals surface area contributed by atoms with Crippen molar-refractivity contribution in [2.45, 2.75) is 3.98 Å². The monoisotopic (exact) mass is 244 g/mol. The molecule has 0 aromatic heterocycles. The van der Waals surface area contributed by atoms with Gasteiger partial charge in [0, 0.05) is 5.02 Å². The van der Waals surface area contributed by atoms with Crippen LogP contribution in [-0.4, -0.2) is 3.98 Å². The van der Waals surface area contributed by atoms with Gasteiger partial charge in [0.05, 0.1) is 0 Å². The average molecular weight is 246 g/mol. The zero-order valence-corrected chi connectivity index (χ0v) is 8.75. The minimum absolute atomic E-state index is 0.419. The Morgan fingerprint density at radius 3 is 2.33 bits per heavy atom. The van der Waals surface area contributed by atoms with Crippen LogP contribution in [0.3, 0.4) is 0 Å². The molecule has 66 valence electrons. The molecule has 0 aliphatic rings. The van der Waals surface area contributed by atoms with Crippen molar-refractivity contribution >= 4 is 46.4 Å². The molecule has 0 saturated heterocycles. The summed E-state index contributed by atoms with van der Waals surface area (Å²) in [5, 5.41) is 0.529. The van der Waals surface area contributed by atoms with E-state index >= 15 is 0 Å². The molecule has 0 aliphatic heterocycles. The van der Waals surface area contributed by atoms with Gasteiger partial charge in [0.2, 0.25) is 0 Å². The Kier molecular flexibility index (Phi) is 3.36. The number of halogens is 4. The molecule has 0 fully saturated rings. The number of rotatable bonds is 1. The maximum absolute atomic E-state index is 5.66. The number of hydrogen-bond donors (Lipinski definition) is 0. The van der Waals surface area contributed by atoms with Gasteiger partial charge in [-0.15, -0.1) is 0 Å². The first-order valence-corrected chi connectivity index (χ1v) is 4.50. The number of hydrogen-bond acceptors (Lipinski definition) is 1. The number of benzene rings is 1. The third kappa shape index (κ3) is 3.72. The molecule has 0 amide bonds. The van der Waals surface area contributed by atoms with Crippen LogP contribution in [0, 0.1) is 0 Å². The first-order chi connectivity index (χ1) is 5.47. The summed E-state index contributed by atoms with van der Waals surface area (Å²) >= 11 is 21.8. The molecule has 0 saturated carbocycles. The van der Waals surface area contributed by atoms with E-state index in [1.807, 2.05) is 0 Å². The zero-order chi connectivity index (χ0) is 9.19. The lowest BCUT2D eigenvalue weighted by Gasteiger charge is -2.13. The number of ether oxygens (including phenoxy) is 1. The zero-order valence-electron chi connectivity index (χ0n) is 5.73. The summed E-state index contributed by atoms with van der Waals surface area (Å²) in [6, 6.07) is 6.61. The van der Waals surface area contributed by atoms with Gasteiger partial charge >= 0.3 is 3.98 Å². The highest BCUT2D eigenvalue weighted by Gasteiger charge is 2.21. The highest BCUT2D eigenvalue weighted by atomic mass is 35.6. The molecule has 1 aromatic carbocycles. The van der Waals surface area contributed by atoms with E-state index < -0.39 is 3.98 Å². The molecule has 1 nitrogen and oxygen atoms in total. The summed E-state index contributed by atoms with van der Waals surface area (Å²) in [4.78, 5) is 0. The topological polar surface area (TPSA) is 9.23 Å². The van der Waals surface area contributed by atoms with Crippen molar-refractivity contribution < 1.29 is 4.74 Å². The molecular weight excluding hydrogens is 242 g/mol. The van der Waals surface area contributed by atoms with Gasteiger partial charge in [-0.2, -0.15) is 0 Å². The van der Waals surface area contributed by atoms with Gasteiger partial charge in [0.15, 0.2) is 0 Å². The van der Waals surface area contributed by atoms with Gasteiger partial charge in [-0.3, -0.25) is 0 Å². The second kappa shape index (κ2) is 3.93. The van der Waals surface area contributed by atoms with Crippen molar-refractivity contribution in [3.63, 3.8) is 0 Å². The Labute approximate surface area is 90.1 Å². The third-order valence-corrected chi connectivity index (χ3v) is 1.50. The van der Waals surface area contributed by atoms with E-state index in [1.165, 1.54) is 0 Å². The second-order valence-corrected chi connectivity index (χ2v) is 4.62. The minimum Gasteiger partial charge on any atom is -0.446 e. The van der Waals surface area contributed by atoms with E-state index in [9.17, 15) is 0 Å². The largest absolute Gasteiger partial charge is 0.446 e. The van der Waals surface area contributed by atoms with Crippen LogP contribution < -0.4 is 4.74 Å². The summed E-state index contributed by atoms with van der Waals surface area (Å²) in [5.74, 6) is 0.419. The Morgan fingerprint density at radius 1 is 1.17 bits per heavy atom.